The number of thiazole rings is 1. The topological polar surface area (TPSA) is 68.0 Å². The summed E-state index contributed by atoms with van der Waals surface area (Å²) in [6.45, 7) is 8.74. The Kier molecular flexibility index (Phi) is 5.28. The van der Waals surface area contributed by atoms with E-state index in [-0.39, 0.29) is 17.4 Å². The number of hydrogen-bond donors (Lipinski definition) is 2. The Morgan fingerprint density at radius 2 is 2.22 bits per heavy atom. The van der Waals surface area contributed by atoms with Crippen molar-refractivity contribution >= 4 is 17.2 Å². The van der Waals surface area contributed by atoms with Crippen LogP contribution >= 0.6 is 11.3 Å². The van der Waals surface area contributed by atoms with Gasteiger partial charge >= 0.3 is 0 Å². The molecule has 0 aliphatic heterocycles. The molecule has 1 rings (SSSR count). The summed E-state index contributed by atoms with van der Waals surface area (Å²) in [7, 11) is 0. The second kappa shape index (κ2) is 6.29. The lowest BCUT2D eigenvalue weighted by Gasteiger charge is -2.26. The van der Waals surface area contributed by atoms with Crippen LogP contribution in [0.3, 0.4) is 0 Å². The maximum absolute atomic E-state index is 11.7. The molecule has 3 N–H and O–H groups in total. The fourth-order valence-electron chi connectivity index (χ4n) is 1.40. The van der Waals surface area contributed by atoms with Gasteiger partial charge in [-0.3, -0.25) is 4.79 Å². The van der Waals surface area contributed by atoms with E-state index in [0.29, 0.717) is 13.0 Å². The van der Waals surface area contributed by atoms with Crippen molar-refractivity contribution in [2.45, 2.75) is 46.6 Å². The Hall–Kier alpha value is -0.940. The van der Waals surface area contributed by atoms with Crippen molar-refractivity contribution in [3.05, 3.63) is 16.1 Å². The third-order valence-corrected chi connectivity index (χ3v) is 3.87. The summed E-state index contributed by atoms with van der Waals surface area (Å²) in [6, 6.07) is -0.111. The van der Waals surface area contributed by atoms with Gasteiger partial charge in [-0.2, -0.15) is 0 Å². The number of carbonyl (C=O) groups excluding carboxylic acids is 1. The lowest BCUT2D eigenvalue weighted by molar-refractivity contribution is -0.121. The smallest absolute Gasteiger partial charge is 0.221 e. The molecule has 0 aromatic carbocycles. The average molecular weight is 269 g/mol. The van der Waals surface area contributed by atoms with Gasteiger partial charge in [-0.15, -0.1) is 11.3 Å². The number of aryl methyl sites for hydroxylation is 1. The van der Waals surface area contributed by atoms with Crippen LogP contribution in [0.2, 0.25) is 0 Å². The Morgan fingerprint density at radius 1 is 1.56 bits per heavy atom. The molecular formula is C13H23N3OS. The SMILES string of the molecule is Cc1csc(CCNC(=O)CC(N)C(C)(C)C)n1. The van der Waals surface area contributed by atoms with Crippen LogP contribution < -0.4 is 11.1 Å². The summed E-state index contributed by atoms with van der Waals surface area (Å²) in [5, 5.41) is 5.97. The van der Waals surface area contributed by atoms with Gasteiger partial charge in [0.15, 0.2) is 0 Å². The van der Waals surface area contributed by atoms with E-state index in [1.807, 2.05) is 33.1 Å². The van der Waals surface area contributed by atoms with Crippen molar-refractivity contribution in [2.75, 3.05) is 6.54 Å². The number of rotatable bonds is 5. The minimum atomic E-state index is -0.111. The van der Waals surface area contributed by atoms with Gasteiger partial charge in [-0.25, -0.2) is 4.98 Å². The predicted octanol–water partition coefficient (Wildman–Crippen LogP) is 1.87. The molecule has 0 aliphatic carbocycles. The number of amides is 1. The van der Waals surface area contributed by atoms with Crippen molar-refractivity contribution in [2.24, 2.45) is 11.1 Å². The van der Waals surface area contributed by atoms with Gasteiger partial charge in [-0.05, 0) is 12.3 Å². The van der Waals surface area contributed by atoms with Crippen LogP contribution in [-0.2, 0) is 11.2 Å². The third kappa shape index (κ3) is 5.14. The molecule has 5 heteroatoms. The first-order valence-electron chi connectivity index (χ1n) is 6.22. The maximum atomic E-state index is 11.7. The summed E-state index contributed by atoms with van der Waals surface area (Å²) < 4.78 is 0. The fraction of sp³-hybridized carbons (Fsp3) is 0.692. The van der Waals surface area contributed by atoms with Crippen molar-refractivity contribution in [3.63, 3.8) is 0 Å². The molecule has 1 aromatic rings. The van der Waals surface area contributed by atoms with Crippen molar-refractivity contribution < 1.29 is 4.79 Å². The van der Waals surface area contributed by atoms with Crippen LogP contribution in [0, 0.1) is 12.3 Å². The van der Waals surface area contributed by atoms with E-state index in [0.717, 1.165) is 17.1 Å². The van der Waals surface area contributed by atoms with Crippen LogP contribution in [0.5, 0.6) is 0 Å². The van der Waals surface area contributed by atoms with E-state index in [9.17, 15) is 4.79 Å². The standard InChI is InChI=1S/C13H23N3OS/c1-9-8-18-12(16-9)5-6-15-11(17)7-10(14)13(2,3)4/h8,10H,5-7,14H2,1-4H3,(H,15,17). The van der Waals surface area contributed by atoms with E-state index in [1.54, 1.807) is 11.3 Å². The molecule has 0 radical (unpaired) electrons. The number of hydrogen-bond acceptors (Lipinski definition) is 4. The van der Waals surface area contributed by atoms with Crippen LogP contribution in [-0.4, -0.2) is 23.5 Å². The summed E-state index contributed by atoms with van der Waals surface area (Å²) in [4.78, 5) is 16.0. The van der Waals surface area contributed by atoms with Crippen LogP contribution in [0.1, 0.15) is 37.9 Å². The zero-order valence-electron chi connectivity index (χ0n) is 11.6. The average Bonchev–Trinajstić information content (AvgIpc) is 2.62. The van der Waals surface area contributed by atoms with Crippen LogP contribution in [0.15, 0.2) is 5.38 Å². The fourth-order valence-corrected chi connectivity index (χ4v) is 2.18. The van der Waals surface area contributed by atoms with Gasteiger partial charge in [0.2, 0.25) is 5.91 Å². The van der Waals surface area contributed by atoms with Gasteiger partial charge in [0.05, 0.1) is 5.01 Å². The minimum absolute atomic E-state index is 0.0192. The molecule has 1 unspecified atom stereocenters. The van der Waals surface area contributed by atoms with Crippen molar-refractivity contribution in [1.82, 2.24) is 10.3 Å². The highest BCUT2D eigenvalue weighted by atomic mass is 32.1. The summed E-state index contributed by atoms with van der Waals surface area (Å²) in [6.07, 6.45) is 1.16. The monoisotopic (exact) mass is 269 g/mol. The number of nitrogens with two attached hydrogens (primary N) is 1. The summed E-state index contributed by atoms with van der Waals surface area (Å²) >= 11 is 1.63. The molecule has 0 fully saturated rings. The number of nitrogens with one attached hydrogen (secondary N) is 1. The first-order chi connectivity index (χ1) is 8.29. The van der Waals surface area contributed by atoms with Gasteiger partial charge in [0, 0.05) is 36.5 Å². The summed E-state index contributed by atoms with van der Waals surface area (Å²) in [5.41, 5.74) is 6.97. The first kappa shape index (κ1) is 15.1. The molecule has 1 amide bonds. The highest BCUT2D eigenvalue weighted by Crippen LogP contribution is 2.19. The zero-order chi connectivity index (χ0) is 13.8. The van der Waals surface area contributed by atoms with Gasteiger partial charge in [0.25, 0.3) is 0 Å². The number of nitrogens with zero attached hydrogens (tertiary/aromatic N) is 1. The Balaban J connectivity index is 2.25. The molecule has 102 valence electrons. The van der Waals surface area contributed by atoms with Gasteiger partial charge < -0.3 is 11.1 Å². The van der Waals surface area contributed by atoms with E-state index < -0.39 is 0 Å². The predicted molar refractivity (Wildman–Crippen MR) is 75.6 cm³/mol. The molecule has 1 aromatic heterocycles. The number of carbonyl (C=O) groups is 1. The molecule has 4 nitrogen and oxygen atoms in total. The normalized spacial score (nSPS) is 13.4. The highest BCUT2D eigenvalue weighted by molar-refractivity contribution is 7.09. The largest absolute Gasteiger partial charge is 0.356 e. The molecule has 0 spiro atoms. The quantitative estimate of drug-likeness (QED) is 0.857. The van der Waals surface area contributed by atoms with Gasteiger partial charge in [0.1, 0.15) is 0 Å². The molecule has 1 atom stereocenters. The highest BCUT2D eigenvalue weighted by Gasteiger charge is 2.22. The molecule has 1 heterocycles. The van der Waals surface area contributed by atoms with Gasteiger partial charge in [-0.1, -0.05) is 20.8 Å². The second-order valence-corrected chi connectivity index (χ2v) is 6.60. The van der Waals surface area contributed by atoms with Crippen molar-refractivity contribution in [3.8, 4) is 0 Å². The first-order valence-corrected chi connectivity index (χ1v) is 7.10. The second-order valence-electron chi connectivity index (χ2n) is 5.66. The summed E-state index contributed by atoms with van der Waals surface area (Å²) in [5.74, 6) is 0.0192. The minimum Gasteiger partial charge on any atom is -0.356 e. The molecular weight excluding hydrogens is 246 g/mol. The third-order valence-electron chi connectivity index (χ3n) is 2.85. The Bertz CT molecular complexity index is 395. The molecule has 0 aliphatic rings. The lowest BCUT2D eigenvalue weighted by Crippen LogP contribution is -2.40. The molecule has 0 bridgehead atoms. The zero-order valence-corrected chi connectivity index (χ0v) is 12.4. The van der Waals surface area contributed by atoms with Crippen LogP contribution in [0.4, 0.5) is 0 Å². The van der Waals surface area contributed by atoms with E-state index in [2.05, 4.69) is 10.3 Å². The maximum Gasteiger partial charge on any atom is 0.221 e. The van der Waals surface area contributed by atoms with E-state index in [1.165, 1.54) is 0 Å². The van der Waals surface area contributed by atoms with Crippen LogP contribution in [0.25, 0.3) is 0 Å². The Morgan fingerprint density at radius 3 is 2.72 bits per heavy atom. The molecule has 18 heavy (non-hydrogen) atoms. The molecule has 0 saturated heterocycles. The van der Waals surface area contributed by atoms with E-state index >= 15 is 0 Å². The van der Waals surface area contributed by atoms with Crippen molar-refractivity contribution in [1.29, 1.82) is 0 Å². The lowest BCUT2D eigenvalue weighted by atomic mass is 9.85. The van der Waals surface area contributed by atoms with E-state index in [4.69, 9.17) is 5.73 Å². The Labute approximate surface area is 113 Å². The number of aromatic nitrogens is 1. The molecule has 0 saturated carbocycles.